The van der Waals surface area contributed by atoms with Crippen molar-refractivity contribution >= 4 is 23.7 Å². The minimum atomic E-state index is -4.22. The second kappa shape index (κ2) is 9.49. The van der Waals surface area contributed by atoms with Crippen LogP contribution in [0.25, 0.3) is 11.1 Å². The van der Waals surface area contributed by atoms with E-state index in [4.69, 9.17) is 9.84 Å². The largest absolute Gasteiger partial charge is 0.477 e. The van der Waals surface area contributed by atoms with Crippen LogP contribution >= 0.6 is 0 Å². The third kappa shape index (κ3) is 4.81. The molecule has 2 amide bonds. The van der Waals surface area contributed by atoms with Crippen LogP contribution in [0.5, 0.6) is 0 Å². The molecule has 0 unspecified atom stereocenters. The number of amides is 2. The highest BCUT2D eigenvalue weighted by Crippen LogP contribution is 2.44. The van der Waals surface area contributed by atoms with Gasteiger partial charge in [-0.3, -0.25) is 10.1 Å². The predicted octanol–water partition coefficient (Wildman–Crippen LogP) is 4.64. The second-order valence-electron chi connectivity index (χ2n) is 7.81. The van der Waals surface area contributed by atoms with Gasteiger partial charge >= 0.3 is 18.0 Å². The number of fused-ring (bicyclic) bond motifs is 3. The highest BCUT2D eigenvalue weighted by atomic mass is 19.3. The van der Waals surface area contributed by atoms with Gasteiger partial charge < -0.3 is 15.2 Å². The van der Waals surface area contributed by atoms with Crippen LogP contribution in [-0.2, 0) is 9.53 Å². The SMILES string of the molecule is O=C(Nc1cccc(C(=O)NCC(F)(F)C(=O)O)c1F)OCC1c2ccccc2-c2ccccc21. The molecule has 10 heteroatoms. The van der Waals surface area contributed by atoms with E-state index in [-0.39, 0.29) is 12.5 Å². The van der Waals surface area contributed by atoms with E-state index in [9.17, 15) is 27.6 Å². The molecule has 7 nitrogen and oxygen atoms in total. The Morgan fingerprint density at radius 3 is 2.11 bits per heavy atom. The molecule has 3 aromatic carbocycles. The van der Waals surface area contributed by atoms with Gasteiger partial charge in [0.05, 0.1) is 17.8 Å². The first kappa shape index (κ1) is 23.8. The quantitative estimate of drug-likeness (QED) is 0.453. The van der Waals surface area contributed by atoms with Crippen LogP contribution < -0.4 is 10.6 Å². The van der Waals surface area contributed by atoms with Crippen molar-refractivity contribution < 1.29 is 37.4 Å². The van der Waals surface area contributed by atoms with Crippen LogP contribution in [0.1, 0.15) is 27.4 Å². The molecule has 0 heterocycles. The van der Waals surface area contributed by atoms with Gasteiger partial charge in [-0.15, -0.1) is 0 Å². The molecule has 0 aromatic heterocycles. The van der Waals surface area contributed by atoms with Gasteiger partial charge in [0, 0.05) is 5.92 Å². The number of aliphatic carboxylic acids is 1. The number of alkyl halides is 2. The number of carbonyl (C=O) groups is 3. The number of rotatable bonds is 7. The summed E-state index contributed by atoms with van der Waals surface area (Å²) in [5, 5.41) is 12.3. The number of ether oxygens (including phenoxy) is 1. The molecule has 1 aliphatic rings. The minimum Gasteiger partial charge on any atom is -0.477 e. The van der Waals surface area contributed by atoms with Crippen molar-refractivity contribution in [3.8, 4) is 11.1 Å². The molecule has 1 aliphatic carbocycles. The van der Waals surface area contributed by atoms with Gasteiger partial charge in [0.25, 0.3) is 5.91 Å². The maximum absolute atomic E-state index is 14.8. The summed E-state index contributed by atoms with van der Waals surface area (Å²) in [5.74, 6) is -9.31. The summed E-state index contributed by atoms with van der Waals surface area (Å²) in [5.41, 5.74) is 3.00. The fraction of sp³-hybridized carbons (Fsp3) is 0.160. The van der Waals surface area contributed by atoms with Crippen LogP contribution in [-0.4, -0.2) is 42.2 Å². The number of benzene rings is 3. The Balaban J connectivity index is 1.42. The molecular formula is C25H19F3N2O5. The van der Waals surface area contributed by atoms with E-state index in [2.05, 4.69) is 5.32 Å². The van der Waals surface area contributed by atoms with Crippen molar-refractivity contribution in [3.05, 3.63) is 89.2 Å². The van der Waals surface area contributed by atoms with E-state index >= 15 is 0 Å². The zero-order valence-corrected chi connectivity index (χ0v) is 18.1. The molecule has 0 spiro atoms. The van der Waals surface area contributed by atoms with Crippen molar-refractivity contribution in [3.63, 3.8) is 0 Å². The van der Waals surface area contributed by atoms with Gasteiger partial charge in [-0.05, 0) is 34.4 Å². The molecule has 0 radical (unpaired) electrons. The number of carboxylic acid groups (broad SMARTS) is 1. The minimum absolute atomic E-state index is 0.0219. The molecule has 0 bridgehead atoms. The Morgan fingerprint density at radius 2 is 1.51 bits per heavy atom. The lowest BCUT2D eigenvalue weighted by molar-refractivity contribution is -0.163. The molecule has 0 atom stereocenters. The smallest absolute Gasteiger partial charge is 0.411 e. The predicted molar refractivity (Wildman–Crippen MR) is 120 cm³/mol. The number of nitrogens with one attached hydrogen (secondary N) is 2. The van der Waals surface area contributed by atoms with E-state index in [1.165, 1.54) is 12.1 Å². The summed E-state index contributed by atoms with van der Waals surface area (Å²) in [6, 6.07) is 18.8. The number of halogens is 3. The monoisotopic (exact) mass is 484 g/mol. The molecule has 180 valence electrons. The lowest BCUT2D eigenvalue weighted by Gasteiger charge is -2.15. The topological polar surface area (TPSA) is 105 Å². The molecule has 35 heavy (non-hydrogen) atoms. The number of carbonyl (C=O) groups excluding carboxylic acids is 2. The fourth-order valence-electron chi connectivity index (χ4n) is 3.91. The molecule has 3 aromatic rings. The third-order valence-electron chi connectivity index (χ3n) is 5.61. The normalized spacial score (nSPS) is 12.4. The summed E-state index contributed by atoms with van der Waals surface area (Å²) in [6.07, 6.45) is -0.972. The van der Waals surface area contributed by atoms with Crippen molar-refractivity contribution in [2.75, 3.05) is 18.5 Å². The summed E-state index contributed by atoms with van der Waals surface area (Å²) < 4.78 is 46.5. The van der Waals surface area contributed by atoms with Gasteiger partial charge in [0.15, 0.2) is 5.82 Å². The Kier molecular flexibility index (Phi) is 6.46. The highest BCUT2D eigenvalue weighted by Gasteiger charge is 2.39. The maximum atomic E-state index is 14.8. The second-order valence-corrected chi connectivity index (χ2v) is 7.81. The van der Waals surface area contributed by atoms with Gasteiger partial charge in [-0.2, -0.15) is 8.78 Å². The van der Waals surface area contributed by atoms with Crippen molar-refractivity contribution in [2.45, 2.75) is 11.8 Å². The zero-order chi connectivity index (χ0) is 25.2. The highest BCUT2D eigenvalue weighted by molar-refractivity contribution is 5.97. The van der Waals surface area contributed by atoms with Crippen molar-refractivity contribution in [1.82, 2.24) is 5.32 Å². The average molecular weight is 484 g/mol. The first-order valence-electron chi connectivity index (χ1n) is 10.5. The van der Waals surface area contributed by atoms with Gasteiger partial charge in [0.2, 0.25) is 0 Å². The van der Waals surface area contributed by atoms with E-state index in [1.54, 1.807) is 5.32 Å². The molecule has 0 aliphatic heterocycles. The van der Waals surface area contributed by atoms with E-state index in [0.29, 0.717) is 0 Å². The summed E-state index contributed by atoms with van der Waals surface area (Å²) in [4.78, 5) is 34.9. The van der Waals surface area contributed by atoms with Crippen LogP contribution in [0, 0.1) is 5.82 Å². The van der Waals surface area contributed by atoms with Crippen molar-refractivity contribution in [1.29, 1.82) is 0 Å². The molecular weight excluding hydrogens is 465 g/mol. The van der Waals surface area contributed by atoms with Crippen LogP contribution in [0.4, 0.5) is 23.7 Å². The molecule has 0 saturated carbocycles. The Hall–Kier alpha value is -4.34. The fourth-order valence-corrected chi connectivity index (χ4v) is 3.91. The van der Waals surface area contributed by atoms with Gasteiger partial charge in [0.1, 0.15) is 6.61 Å². The van der Waals surface area contributed by atoms with Gasteiger partial charge in [-0.1, -0.05) is 54.6 Å². The van der Waals surface area contributed by atoms with Crippen LogP contribution in [0.2, 0.25) is 0 Å². The Labute approximate surface area is 197 Å². The lowest BCUT2D eigenvalue weighted by atomic mass is 9.98. The first-order chi connectivity index (χ1) is 16.7. The summed E-state index contributed by atoms with van der Waals surface area (Å²) >= 11 is 0. The summed E-state index contributed by atoms with van der Waals surface area (Å²) in [7, 11) is 0. The summed E-state index contributed by atoms with van der Waals surface area (Å²) in [6.45, 7) is -1.55. The number of anilines is 1. The zero-order valence-electron chi connectivity index (χ0n) is 18.1. The third-order valence-corrected chi connectivity index (χ3v) is 5.61. The van der Waals surface area contributed by atoms with Gasteiger partial charge in [-0.25, -0.2) is 14.0 Å². The van der Waals surface area contributed by atoms with E-state index < -0.39 is 47.5 Å². The Bertz CT molecular complexity index is 1270. The van der Waals surface area contributed by atoms with Crippen LogP contribution in [0.3, 0.4) is 0 Å². The van der Waals surface area contributed by atoms with E-state index in [1.807, 2.05) is 48.5 Å². The first-order valence-corrected chi connectivity index (χ1v) is 10.5. The average Bonchev–Trinajstić information content (AvgIpc) is 3.16. The molecule has 0 fully saturated rings. The molecule has 3 N–H and O–H groups in total. The standard InChI is InChI=1S/C25H19F3N2O5/c26-21-18(22(31)29-13-25(27,28)23(32)33)10-5-11-20(21)30-24(34)35-12-19-16-8-3-1-6-14(16)15-7-2-4-9-17(15)19/h1-11,19H,12-13H2,(H,29,31)(H,30,34)(H,32,33). The maximum Gasteiger partial charge on any atom is 0.411 e. The number of hydrogen-bond donors (Lipinski definition) is 3. The molecule has 0 saturated heterocycles. The van der Waals surface area contributed by atoms with Crippen molar-refractivity contribution in [2.24, 2.45) is 0 Å². The number of hydrogen-bond acceptors (Lipinski definition) is 4. The van der Waals surface area contributed by atoms with Crippen LogP contribution in [0.15, 0.2) is 66.7 Å². The van der Waals surface area contributed by atoms with E-state index in [0.717, 1.165) is 28.3 Å². The Morgan fingerprint density at radius 1 is 0.914 bits per heavy atom. The molecule has 4 rings (SSSR count). The lowest BCUT2D eigenvalue weighted by Crippen LogP contribution is -2.42. The number of carboxylic acids is 1.